The lowest BCUT2D eigenvalue weighted by Gasteiger charge is -2.36. The van der Waals surface area contributed by atoms with Gasteiger partial charge in [-0.15, -0.1) is 0 Å². The topological polar surface area (TPSA) is 48.5 Å². The van der Waals surface area contributed by atoms with Gasteiger partial charge in [0.2, 0.25) is 0 Å². The maximum absolute atomic E-state index is 12.3. The summed E-state index contributed by atoms with van der Waals surface area (Å²) in [5.74, 6) is 0. The summed E-state index contributed by atoms with van der Waals surface area (Å²) in [5.41, 5.74) is 3.66. The second-order valence-electron chi connectivity index (χ2n) is 6.01. The second kappa shape index (κ2) is 7.81. The Morgan fingerprint density at radius 3 is 2.29 bits per heavy atom. The average Bonchev–Trinajstić information content (AvgIpc) is 2.67. The number of hydrogen-bond acceptors (Lipinski definition) is 3. The molecule has 0 aliphatic carbocycles. The summed E-state index contributed by atoms with van der Waals surface area (Å²) in [7, 11) is 0. The van der Waals surface area contributed by atoms with Gasteiger partial charge in [0, 0.05) is 50.8 Å². The molecule has 2 aromatic rings. The van der Waals surface area contributed by atoms with Crippen molar-refractivity contribution in [2.45, 2.75) is 19.9 Å². The van der Waals surface area contributed by atoms with Crippen LogP contribution in [0.4, 0.5) is 10.5 Å². The Bertz CT molecular complexity index is 649. The summed E-state index contributed by atoms with van der Waals surface area (Å²) in [6.07, 6.45) is 4.54. The zero-order valence-electron chi connectivity index (χ0n) is 14.1. The minimum atomic E-state index is 0.00722. The fourth-order valence-electron chi connectivity index (χ4n) is 2.90. The Balaban J connectivity index is 1.48. The number of aryl methyl sites for hydroxylation is 1. The number of benzene rings is 1. The van der Waals surface area contributed by atoms with Crippen LogP contribution < -0.4 is 10.2 Å². The van der Waals surface area contributed by atoms with Crippen molar-refractivity contribution in [2.75, 3.05) is 31.1 Å². The molecule has 5 nitrogen and oxygen atoms in total. The summed E-state index contributed by atoms with van der Waals surface area (Å²) in [4.78, 5) is 20.5. The Hall–Kier alpha value is -2.56. The molecule has 5 heteroatoms. The van der Waals surface area contributed by atoms with Crippen LogP contribution in [0.2, 0.25) is 0 Å². The first-order chi connectivity index (χ1) is 11.8. The number of carbonyl (C=O) groups is 1. The lowest BCUT2D eigenvalue weighted by atomic mass is 10.1. The fourth-order valence-corrected chi connectivity index (χ4v) is 2.90. The summed E-state index contributed by atoms with van der Waals surface area (Å²) < 4.78 is 0. The molecule has 0 bridgehead atoms. The van der Waals surface area contributed by atoms with E-state index in [1.165, 1.54) is 11.3 Å². The molecule has 0 unspecified atom stereocenters. The third kappa shape index (κ3) is 4.04. The molecule has 24 heavy (non-hydrogen) atoms. The van der Waals surface area contributed by atoms with Gasteiger partial charge >= 0.3 is 6.03 Å². The van der Waals surface area contributed by atoms with Crippen molar-refractivity contribution >= 4 is 11.7 Å². The van der Waals surface area contributed by atoms with Crippen LogP contribution >= 0.6 is 0 Å². The van der Waals surface area contributed by atoms with Crippen LogP contribution in [0.1, 0.15) is 18.1 Å². The molecular weight excluding hydrogens is 300 g/mol. The SMILES string of the molecule is CCc1ccc(N2CCN(C(=O)NCc3ccncc3)CC2)cc1. The van der Waals surface area contributed by atoms with E-state index in [4.69, 9.17) is 0 Å². The Kier molecular flexibility index (Phi) is 5.31. The fraction of sp³-hybridized carbons (Fsp3) is 0.368. The van der Waals surface area contributed by atoms with Crippen molar-refractivity contribution in [3.63, 3.8) is 0 Å². The van der Waals surface area contributed by atoms with Crippen LogP contribution in [0.5, 0.6) is 0 Å². The number of hydrogen-bond donors (Lipinski definition) is 1. The second-order valence-corrected chi connectivity index (χ2v) is 6.01. The summed E-state index contributed by atoms with van der Waals surface area (Å²) in [6.45, 7) is 5.94. The standard InChI is InChI=1S/C19H24N4O/c1-2-16-3-5-18(6-4-16)22-11-13-23(14-12-22)19(24)21-15-17-7-9-20-10-8-17/h3-10H,2,11-15H2,1H3,(H,21,24). The molecule has 0 radical (unpaired) electrons. The van der Waals surface area contributed by atoms with E-state index < -0.39 is 0 Å². The average molecular weight is 324 g/mol. The number of piperazine rings is 1. The molecule has 1 aromatic carbocycles. The quantitative estimate of drug-likeness (QED) is 0.941. The van der Waals surface area contributed by atoms with E-state index in [-0.39, 0.29) is 6.03 Å². The molecule has 1 saturated heterocycles. The zero-order chi connectivity index (χ0) is 16.8. The van der Waals surface area contributed by atoms with Crippen LogP contribution in [-0.4, -0.2) is 42.1 Å². The third-order valence-electron chi connectivity index (χ3n) is 4.47. The van der Waals surface area contributed by atoms with E-state index in [0.29, 0.717) is 6.54 Å². The monoisotopic (exact) mass is 324 g/mol. The molecule has 1 aromatic heterocycles. The van der Waals surface area contributed by atoms with E-state index in [2.05, 4.69) is 46.4 Å². The lowest BCUT2D eigenvalue weighted by molar-refractivity contribution is 0.194. The van der Waals surface area contributed by atoms with E-state index in [1.54, 1.807) is 12.4 Å². The van der Waals surface area contributed by atoms with Crippen LogP contribution in [0.15, 0.2) is 48.8 Å². The largest absolute Gasteiger partial charge is 0.368 e. The molecule has 2 amide bonds. The number of pyridine rings is 1. The predicted molar refractivity (Wildman–Crippen MR) is 96.1 cm³/mol. The van der Waals surface area contributed by atoms with Gasteiger partial charge in [0.15, 0.2) is 0 Å². The van der Waals surface area contributed by atoms with Gasteiger partial charge in [-0.2, -0.15) is 0 Å². The number of nitrogens with zero attached hydrogens (tertiary/aromatic N) is 3. The molecule has 1 aliphatic heterocycles. The minimum absolute atomic E-state index is 0.00722. The smallest absolute Gasteiger partial charge is 0.317 e. The number of rotatable bonds is 4. The van der Waals surface area contributed by atoms with Crippen molar-refractivity contribution in [3.05, 3.63) is 59.9 Å². The maximum atomic E-state index is 12.3. The molecule has 126 valence electrons. The van der Waals surface area contributed by atoms with Crippen molar-refractivity contribution in [2.24, 2.45) is 0 Å². The number of anilines is 1. The first kappa shape index (κ1) is 16.3. The summed E-state index contributed by atoms with van der Waals surface area (Å²) >= 11 is 0. The maximum Gasteiger partial charge on any atom is 0.317 e. The van der Waals surface area contributed by atoms with Crippen LogP contribution in [0.25, 0.3) is 0 Å². The van der Waals surface area contributed by atoms with Gasteiger partial charge in [0.1, 0.15) is 0 Å². The molecule has 1 aliphatic rings. The highest BCUT2D eigenvalue weighted by Crippen LogP contribution is 2.17. The zero-order valence-corrected chi connectivity index (χ0v) is 14.1. The van der Waals surface area contributed by atoms with E-state index >= 15 is 0 Å². The van der Waals surface area contributed by atoms with Crippen molar-refractivity contribution in [3.8, 4) is 0 Å². The van der Waals surface area contributed by atoms with Gasteiger partial charge in [0.25, 0.3) is 0 Å². The van der Waals surface area contributed by atoms with Gasteiger partial charge < -0.3 is 15.1 Å². The Morgan fingerprint density at radius 2 is 1.67 bits per heavy atom. The number of aromatic nitrogens is 1. The third-order valence-corrected chi connectivity index (χ3v) is 4.47. The van der Waals surface area contributed by atoms with Crippen LogP contribution in [-0.2, 0) is 13.0 Å². The molecule has 1 N–H and O–H groups in total. The highest BCUT2D eigenvalue weighted by Gasteiger charge is 2.20. The van der Waals surface area contributed by atoms with Gasteiger partial charge in [-0.1, -0.05) is 19.1 Å². The van der Waals surface area contributed by atoms with Crippen LogP contribution in [0, 0.1) is 0 Å². The van der Waals surface area contributed by atoms with Crippen molar-refractivity contribution in [1.82, 2.24) is 15.2 Å². The van der Waals surface area contributed by atoms with Gasteiger partial charge in [-0.25, -0.2) is 4.79 Å². The highest BCUT2D eigenvalue weighted by atomic mass is 16.2. The molecule has 1 fully saturated rings. The lowest BCUT2D eigenvalue weighted by Crippen LogP contribution is -2.51. The molecule has 0 atom stereocenters. The highest BCUT2D eigenvalue weighted by molar-refractivity contribution is 5.74. The number of urea groups is 1. The van der Waals surface area contributed by atoms with E-state index in [0.717, 1.165) is 38.2 Å². The number of nitrogens with one attached hydrogen (secondary N) is 1. The normalized spacial score (nSPS) is 14.5. The Labute approximate surface area is 143 Å². The summed E-state index contributed by atoms with van der Waals surface area (Å²) in [5, 5.41) is 2.98. The minimum Gasteiger partial charge on any atom is -0.368 e. The molecule has 3 rings (SSSR count). The molecule has 0 spiro atoms. The summed E-state index contributed by atoms with van der Waals surface area (Å²) in [6, 6.07) is 12.6. The van der Waals surface area contributed by atoms with Crippen molar-refractivity contribution in [1.29, 1.82) is 0 Å². The first-order valence-corrected chi connectivity index (χ1v) is 8.52. The number of carbonyl (C=O) groups excluding carboxylic acids is 1. The van der Waals surface area contributed by atoms with Gasteiger partial charge in [-0.05, 0) is 41.8 Å². The first-order valence-electron chi connectivity index (χ1n) is 8.52. The van der Waals surface area contributed by atoms with Crippen LogP contribution in [0.3, 0.4) is 0 Å². The van der Waals surface area contributed by atoms with Gasteiger partial charge in [-0.3, -0.25) is 4.98 Å². The number of amides is 2. The molecule has 2 heterocycles. The molecule has 0 saturated carbocycles. The van der Waals surface area contributed by atoms with E-state index in [9.17, 15) is 4.79 Å². The van der Waals surface area contributed by atoms with Crippen molar-refractivity contribution < 1.29 is 4.79 Å². The Morgan fingerprint density at radius 1 is 1.00 bits per heavy atom. The predicted octanol–water partition coefficient (Wildman–Crippen LogP) is 2.68. The molecular formula is C19H24N4O. The van der Waals surface area contributed by atoms with Gasteiger partial charge in [0.05, 0.1) is 0 Å². The van der Waals surface area contributed by atoms with E-state index in [1.807, 2.05) is 17.0 Å².